The third-order valence-electron chi connectivity index (χ3n) is 5.05. The van der Waals surface area contributed by atoms with Crippen LogP contribution in [0.1, 0.15) is 42.2 Å². The van der Waals surface area contributed by atoms with Gasteiger partial charge in [-0.15, -0.1) is 0 Å². The molecule has 2 heterocycles. The van der Waals surface area contributed by atoms with Crippen LogP contribution in [0.15, 0.2) is 29.2 Å². The standard InChI is InChI=1S/C21H24ClNO5/c1-12(2)17-7-13-8-20(28-6-4-5-27-3)16(22)9-14(13)18-10-19(24)15(21(25)26)11-23(17)18/h8-12,17H,4-7H2,1-3H3,(H,25,26)/t17-/m0/s1. The highest BCUT2D eigenvalue weighted by Crippen LogP contribution is 2.41. The molecule has 1 aromatic heterocycles. The van der Waals surface area contributed by atoms with Crippen molar-refractivity contribution >= 4 is 17.6 Å². The van der Waals surface area contributed by atoms with Crippen LogP contribution in [0.4, 0.5) is 0 Å². The lowest BCUT2D eigenvalue weighted by Crippen LogP contribution is -2.28. The van der Waals surface area contributed by atoms with Gasteiger partial charge in [-0.1, -0.05) is 25.4 Å². The maximum atomic E-state index is 12.3. The van der Waals surface area contributed by atoms with Crippen LogP contribution in [-0.4, -0.2) is 36.0 Å². The number of hydrogen-bond donors (Lipinski definition) is 1. The normalized spacial score (nSPS) is 15.2. The van der Waals surface area contributed by atoms with Crippen LogP contribution in [0, 0.1) is 5.92 Å². The molecule has 0 fully saturated rings. The van der Waals surface area contributed by atoms with E-state index in [-0.39, 0.29) is 17.5 Å². The van der Waals surface area contributed by atoms with Gasteiger partial charge in [0.2, 0.25) is 0 Å². The molecule has 7 heteroatoms. The first kappa shape index (κ1) is 20.4. The zero-order valence-electron chi connectivity index (χ0n) is 16.2. The minimum absolute atomic E-state index is 0.0312. The Balaban J connectivity index is 2.07. The number of pyridine rings is 1. The summed E-state index contributed by atoms with van der Waals surface area (Å²) in [6, 6.07) is 5.15. The molecule has 1 aliphatic heterocycles. The SMILES string of the molecule is COCCCOc1cc2c(cc1Cl)-c1cc(=O)c(C(=O)O)cn1[C@H](C(C)C)C2. The third kappa shape index (κ3) is 3.93. The number of fused-ring (bicyclic) bond motifs is 3. The molecule has 0 saturated carbocycles. The number of hydrogen-bond acceptors (Lipinski definition) is 4. The van der Waals surface area contributed by atoms with Gasteiger partial charge in [-0.25, -0.2) is 4.79 Å². The second-order valence-electron chi connectivity index (χ2n) is 7.30. The molecule has 0 spiro atoms. The Bertz CT molecular complexity index is 951. The number of aromatic carboxylic acids is 1. The number of rotatable bonds is 7. The monoisotopic (exact) mass is 405 g/mol. The van der Waals surface area contributed by atoms with Gasteiger partial charge in [-0.2, -0.15) is 0 Å². The molecule has 1 N–H and O–H groups in total. The average molecular weight is 406 g/mol. The van der Waals surface area contributed by atoms with Crippen molar-refractivity contribution in [1.82, 2.24) is 4.57 Å². The maximum absolute atomic E-state index is 12.3. The highest BCUT2D eigenvalue weighted by atomic mass is 35.5. The summed E-state index contributed by atoms with van der Waals surface area (Å²) in [5.74, 6) is -0.360. The van der Waals surface area contributed by atoms with Gasteiger partial charge in [0.1, 0.15) is 11.3 Å². The molecule has 0 radical (unpaired) electrons. The Labute approximate surface area is 168 Å². The first-order valence-electron chi connectivity index (χ1n) is 9.27. The van der Waals surface area contributed by atoms with Crippen LogP contribution < -0.4 is 10.2 Å². The molecule has 0 unspecified atom stereocenters. The van der Waals surface area contributed by atoms with Gasteiger partial charge < -0.3 is 19.1 Å². The molecule has 0 amide bonds. The van der Waals surface area contributed by atoms with Gasteiger partial charge >= 0.3 is 5.97 Å². The quantitative estimate of drug-likeness (QED) is 0.703. The number of benzene rings is 1. The second-order valence-corrected chi connectivity index (χ2v) is 7.71. The van der Waals surface area contributed by atoms with Crippen LogP contribution in [0.5, 0.6) is 5.75 Å². The van der Waals surface area contributed by atoms with Gasteiger partial charge in [0.05, 0.1) is 17.3 Å². The molecule has 0 bridgehead atoms. The minimum atomic E-state index is -1.22. The first-order chi connectivity index (χ1) is 13.3. The minimum Gasteiger partial charge on any atom is -0.492 e. The molecule has 1 aliphatic rings. The molecule has 6 nitrogen and oxygen atoms in total. The van der Waals surface area contributed by atoms with Crippen molar-refractivity contribution in [3.05, 3.63) is 50.8 Å². The van der Waals surface area contributed by atoms with Gasteiger partial charge in [-0.3, -0.25) is 4.79 Å². The first-order valence-corrected chi connectivity index (χ1v) is 9.65. The zero-order valence-corrected chi connectivity index (χ0v) is 17.0. The van der Waals surface area contributed by atoms with E-state index in [2.05, 4.69) is 13.8 Å². The lowest BCUT2D eigenvalue weighted by molar-refractivity contribution is 0.0694. The van der Waals surface area contributed by atoms with Crippen LogP contribution in [0.25, 0.3) is 11.3 Å². The van der Waals surface area contributed by atoms with Crippen LogP contribution >= 0.6 is 11.6 Å². The van der Waals surface area contributed by atoms with Crippen molar-refractivity contribution in [2.45, 2.75) is 32.7 Å². The molecule has 150 valence electrons. The number of carbonyl (C=O) groups is 1. The summed E-state index contributed by atoms with van der Waals surface area (Å²) in [6.07, 6.45) is 2.92. The molecular weight excluding hydrogens is 382 g/mol. The molecule has 0 saturated heterocycles. The van der Waals surface area contributed by atoms with Crippen molar-refractivity contribution in [2.24, 2.45) is 5.92 Å². The Morgan fingerprint density at radius 3 is 2.71 bits per heavy atom. The Morgan fingerprint density at radius 2 is 2.07 bits per heavy atom. The lowest BCUT2D eigenvalue weighted by Gasteiger charge is -2.33. The molecule has 1 atom stereocenters. The molecule has 0 aliphatic carbocycles. The van der Waals surface area contributed by atoms with Crippen molar-refractivity contribution in [2.75, 3.05) is 20.3 Å². The highest BCUT2D eigenvalue weighted by Gasteiger charge is 2.28. The van der Waals surface area contributed by atoms with E-state index < -0.39 is 11.4 Å². The van der Waals surface area contributed by atoms with Gasteiger partial charge in [-0.05, 0) is 30.0 Å². The van der Waals surface area contributed by atoms with Crippen molar-refractivity contribution in [3.63, 3.8) is 0 Å². The van der Waals surface area contributed by atoms with Crippen molar-refractivity contribution in [3.8, 4) is 17.0 Å². The smallest absolute Gasteiger partial charge is 0.341 e. The predicted octanol–water partition coefficient (Wildman–Crippen LogP) is 4.04. The predicted molar refractivity (Wildman–Crippen MR) is 108 cm³/mol. The molecular formula is C21H24ClNO5. The summed E-state index contributed by atoms with van der Waals surface area (Å²) in [7, 11) is 1.65. The van der Waals surface area contributed by atoms with E-state index in [1.807, 2.05) is 10.6 Å². The van der Waals surface area contributed by atoms with Gasteiger partial charge in [0.25, 0.3) is 0 Å². The van der Waals surface area contributed by atoms with E-state index in [1.165, 1.54) is 12.3 Å². The molecule has 3 rings (SSSR count). The van der Waals surface area contributed by atoms with E-state index in [9.17, 15) is 14.7 Å². The topological polar surface area (TPSA) is 77.8 Å². The van der Waals surface area contributed by atoms with Gasteiger partial charge in [0.15, 0.2) is 5.43 Å². The van der Waals surface area contributed by atoms with Crippen molar-refractivity contribution in [1.29, 1.82) is 0 Å². The zero-order chi connectivity index (χ0) is 20.4. The van der Waals surface area contributed by atoms with Crippen molar-refractivity contribution < 1.29 is 19.4 Å². The summed E-state index contributed by atoms with van der Waals surface area (Å²) >= 11 is 6.42. The fourth-order valence-corrected chi connectivity index (χ4v) is 3.80. The maximum Gasteiger partial charge on any atom is 0.341 e. The summed E-state index contributed by atoms with van der Waals surface area (Å²) in [4.78, 5) is 23.7. The Kier molecular flexibility index (Phi) is 6.10. The Hall–Kier alpha value is -2.31. The number of carboxylic acids is 1. The van der Waals surface area contributed by atoms with Gasteiger partial charge in [0, 0.05) is 44.0 Å². The molecule has 1 aromatic carbocycles. The highest BCUT2D eigenvalue weighted by molar-refractivity contribution is 6.32. The number of aromatic nitrogens is 1. The number of nitrogens with zero attached hydrogens (tertiary/aromatic N) is 1. The van der Waals surface area contributed by atoms with Crippen LogP contribution in [-0.2, 0) is 11.2 Å². The fraction of sp³-hybridized carbons (Fsp3) is 0.429. The summed E-state index contributed by atoms with van der Waals surface area (Å²) in [5.41, 5.74) is 1.82. The van der Waals surface area contributed by atoms with E-state index in [0.717, 1.165) is 17.5 Å². The Morgan fingerprint density at radius 1 is 1.32 bits per heavy atom. The summed E-state index contributed by atoms with van der Waals surface area (Å²) < 4.78 is 12.7. The van der Waals surface area contributed by atoms with E-state index >= 15 is 0 Å². The van der Waals surface area contributed by atoms with Crippen LogP contribution in [0.3, 0.4) is 0 Å². The lowest BCUT2D eigenvalue weighted by atomic mass is 9.87. The summed E-state index contributed by atoms with van der Waals surface area (Å²) in [6.45, 7) is 5.27. The third-order valence-corrected chi connectivity index (χ3v) is 5.35. The molecule has 28 heavy (non-hydrogen) atoms. The number of methoxy groups -OCH3 is 1. The number of carboxylic acid groups (broad SMARTS) is 1. The van der Waals surface area contributed by atoms with E-state index in [0.29, 0.717) is 36.1 Å². The van der Waals surface area contributed by atoms with E-state index in [4.69, 9.17) is 21.1 Å². The van der Waals surface area contributed by atoms with Crippen LogP contribution in [0.2, 0.25) is 5.02 Å². The molecule has 2 aromatic rings. The number of ether oxygens (including phenoxy) is 2. The van der Waals surface area contributed by atoms with E-state index in [1.54, 1.807) is 13.2 Å². The summed E-state index contributed by atoms with van der Waals surface area (Å²) in [5, 5.41) is 9.79. The second kappa shape index (κ2) is 8.37. The fourth-order valence-electron chi connectivity index (χ4n) is 3.58. The number of halogens is 1. The average Bonchev–Trinajstić information content (AvgIpc) is 2.64. The largest absolute Gasteiger partial charge is 0.492 e.